The first-order valence-corrected chi connectivity index (χ1v) is 9.60. The Morgan fingerprint density at radius 2 is 1.68 bits per heavy atom. The highest BCUT2D eigenvalue weighted by molar-refractivity contribution is 7.56. The van der Waals surface area contributed by atoms with Crippen LogP contribution >= 0.6 is 7.59 Å². The van der Waals surface area contributed by atoms with E-state index in [9.17, 15) is 32.1 Å². The van der Waals surface area contributed by atoms with Gasteiger partial charge in [0.2, 0.25) is 11.8 Å². The Bertz CT molecular complexity index is 765. The van der Waals surface area contributed by atoms with Crippen LogP contribution in [0.2, 0.25) is 0 Å². The molecule has 3 amide bonds. The number of carbonyl (C=O) groups excluding carboxylic acids is 3. The molecular weight excluding hydrogens is 404 g/mol. The first-order chi connectivity index (χ1) is 12.8. The number of nitrogens with one attached hydrogen (secondary N) is 3. The summed E-state index contributed by atoms with van der Waals surface area (Å²) in [6.45, 7) is 0.0847. The van der Waals surface area contributed by atoms with E-state index in [4.69, 9.17) is 16.7 Å². The molecule has 0 saturated carbocycles. The van der Waals surface area contributed by atoms with Gasteiger partial charge >= 0.3 is 12.1 Å². The van der Waals surface area contributed by atoms with Gasteiger partial charge in [-0.2, -0.15) is 13.2 Å². The fourth-order valence-corrected chi connectivity index (χ4v) is 2.38. The average molecular weight is 424 g/mol. The molecule has 9 N–H and O–H groups in total. The van der Waals surface area contributed by atoms with Crippen molar-refractivity contribution in [1.82, 2.24) is 10.4 Å². The Labute approximate surface area is 157 Å². The van der Waals surface area contributed by atoms with Crippen LogP contribution in [0.3, 0.4) is 0 Å². The monoisotopic (exact) mass is 424 g/mol. The molecule has 0 aromatic heterocycles. The molecule has 0 aliphatic heterocycles. The van der Waals surface area contributed by atoms with E-state index in [0.29, 0.717) is 5.56 Å². The molecular formula is C14H20F3N6O4P. The van der Waals surface area contributed by atoms with Gasteiger partial charge in [0.1, 0.15) is 6.04 Å². The van der Waals surface area contributed by atoms with Crippen LogP contribution in [-0.4, -0.2) is 29.9 Å². The van der Waals surface area contributed by atoms with Gasteiger partial charge in [0, 0.05) is 18.7 Å². The van der Waals surface area contributed by atoms with E-state index in [0.717, 1.165) is 0 Å². The first kappa shape index (κ1) is 23.6. The normalized spacial score (nSPS) is 12.9. The second-order valence-corrected chi connectivity index (χ2v) is 7.49. The maximum absolute atomic E-state index is 12.4. The lowest BCUT2D eigenvalue weighted by molar-refractivity contribution is -0.174. The van der Waals surface area contributed by atoms with Crippen LogP contribution in [-0.2, 0) is 25.5 Å². The highest BCUT2D eigenvalue weighted by Crippen LogP contribution is 2.19. The third-order valence-corrected chi connectivity index (χ3v) is 3.96. The smallest absolute Gasteiger partial charge is 0.370 e. The van der Waals surface area contributed by atoms with Gasteiger partial charge in [0.05, 0.1) is 0 Å². The van der Waals surface area contributed by atoms with Gasteiger partial charge in [-0.25, -0.2) is 5.09 Å². The number of amides is 3. The highest BCUT2D eigenvalue weighted by atomic mass is 31.2. The van der Waals surface area contributed by atoms with Gasteiger partial charge in [0.25, 0.3) is 7.59 Å². The number of alkyl halides is 3. The molecule has 1 aromatic rings. The predicted molar refractivity (Wildman–Crippen MR) is 94.3 cm³/mol. The summed E-state index contributed by atoms with van der Waals surface area (Å²) >= 11 is 0. The Hall–Kier alpha value is -2.47. The number of benzene rings is 1. The maximum Gasteiger partial charge on any atom is 0.471 e. The van der Waals surface area contributed by atoms with Crippen LogP contribution in [0.5, 0.6) is 0 Å². The molecule has 28 heavy (non-hydrogen) atoms. The summed E-state index contributed by atoms with van der Waals surface area (Å²) in [6, 6.07) is 4.26. The molecule has 1 rings (SSSR count). The quantitative estimate of drug-likeness (QED) is 0.303. The summed E-state index contributed by atoms with van der Waals surface area (Å²) in [5.74, 6) is -4.11. The van der Waals surface area contributed by atoms with Gasteiger partial charge in [-0.15, -0.1) is 0 Å². The van der Waals surface area contributed by atoms with Gasteiger partial charge in [-0.05, 0) is 24.1 Å². The fraction of sp³-hybridized carbons (Fsp3) is 0.357. The molecule has 0 radical (unpaired) electrons. The molecule has 0 spiro atoms. The number of rotatable bonds is 9. The molecule has 0 fully saturated rings. The predicted octanol–water partition coefficient (Wildman–Crippen LogP) is 0.0528. The summed E-state index contributed by atoms with van der Waals surface area (Å²) in [7, 11) is -3.41. The van der Waals surface area contributed by atoms with Crippen molar-refractivity contribution in [3.05, 3.63) is 29.8 Å². The second kappa shape index (κ2) is 9.64. The van der Waals surface area contributed by atoms with Gasteiger partial charge in [-0.1, -0.05) is 12.1 Å². The van der Waals surface area contributed by atoms with Crippen molar-refractivity contribution in [3.63, 3.8) is 0 Å². The lowest BCUT2D eigenvalue weighted by atomic mass is 10.1. The number of carbonyl (C=O) groups is 3. The molecule has 1 atom stereocenters. The second-order valence-electron chi connectivity index (χ2n) is 5.76. The molecule has 0 saturated heterocycles. The van der Waals surface area contributed by atoms with E-state index in [2.05, 4.69) is 10.4 Å². The van der Waals surface area contributed by atoms with Crippen LogP contribution in [0.15, 0.2) is 24.3 Å². The zero-order valence-electron chi connectivity index (χ0n) is 14.5. The standard InChI is InChI=1S/C14H20F3N6O4P/c15-14(16,17)13(26)23-10(5-6-11(18)24)12(25)22-9-3-1-8(2-4-9)7-21-28(19,20)27/h1-4,10H,5-7H2,(H2,18,24)(H,22,25)(H,23,26)(H5,19,20,21,27)/t10-/m0/s1. The summed E-state index contributed by atoms with van der Waals surface area (Å²) in [5.41, 5.74) is 16.1. The van der Waals surface area contributed by atoms with E-state index < -0.39 is 50.4 Å². The van der Waals surface area contributed by atoms with Gasteiger partial charge < -0.3 is 16.4 Å². The Kier molecular flexibility index (Phi) is 8.12. The maximum atomic E-state index is 12.4. The topological polar surface area (TPSA) is 182 Å². The number of halogens is 3. The van der Waals surface area contributed by atoms with Gasteiger partial charge in [-0.3, -0.25) is 30.0 Å². The van der Waals surface area contributed by atoms with Crippen molar-refractivity contribution in [1.29, 1.82) is 0 Å². The molecule has 0 aliphatic carbocycles. The minimum Gasteiger partial charge on any atom is -0.370 e. The molecule has 0 heterocycles. The van der Waals surface area contributed by atoms with Crippen molar-refractivity contribution in [3.8, 4) is 0 Å². The third kappa shape index (κ3) is 8.95. The minimum absolute atomic E-state index is 0.0847. The summed E-state index contributed by atoms with van der Waals surface area (Å²) in [6.07, 6.45) is -6.00. The molecule has 156 valence electrons. The van der Waals surface area contributed by atoms with E-state index in [-0.39, 0.29) is 12.2 Å². The average Bonchev–Trinajstić information content (AvgIpc) is 2.55. The number of hydrogen-bond donors (Lipinski definition) is 6. The number of hydrogen-bond acceptors (Lipinski definition) is 4. The van der Waals surface area contributed by atoms with Crippen LogP contribution in [0.25, 0.3) is 0 Å². The van der Waals surface area contributed by atoms with E-state index in [1.807, 2.05) is 0 Å². The number of anilines is 1. The zero-order valence-corrected chi connectivity index (χ0v) is 15.3. The first-order valence-electron chi connectivity index (χ1n) is 7.76. The molecule has 1 aromatic carbocycles. The van der Waals surface area contributed by atoms with Crippen molar-refractivity contribution in [2.24, 2.45) is 16.7 Å². The summed E-state index contributed by atoms with van der Waals surface area (Å²) < 4.78 is 48.4. The highest BCUT2D eigenvalue weighted by Gasteiger charge is 2.40. The Balaban J connectivity index is 2.78. The fourth-order valence-electron chi connectivity index (χ4n) is 1.95. The van der Waals surface area contributed by atoms with Gasteiger partial charge in [0.15, 0.2) is 0 Å². The van der Waals surface area contributed by atoms with Crippen molar-refractivity contribution < 1.29 is 32.1 Å². The van der Waals surface area contributed by atoms with Crippen LogP contribution in [0.1, 0.15) is 18.4 Å². The molecule has 0 aliphatic rings. The molecule has 10 nitrogen and oxygen atoms in total. The van der Waals surface area contributed by atoms with Crippen LogP contribution in [0.4, 0.5) is 18.9 Å². The van der Waals surface area contributed by atoms with Crippen molar-refractivity contribution in [2.45, 2.75) is 31.6 Å². The van der Waals surface area contributed by atoms with Crippen molar-refractivity contribution >= 4 is 31.0 Å². The SMILES string of the molecule is NC(=O)CC[C@H](NC(=O)C(F)(F)F)C(=O)Nc1ccc(CNP(N)(N)=O)cc1. The van der Waals surface area contributed by atoms with Crippen LogP contribution < -0.4 is 32.5 Å². The van der Waals surface area contributed by atoms with Crippen molar-refractivity contribution in [2.75, 3.05) is 5.32 Å². The largest absolute Gasteiger partial charge is 0.471 e. The number of primary amides is 1. The lowest BCUT2D eigenvalue weighted by Crippen LogP contribution is -2.49. The summed E-state index contributed by atoms with van der Waals surface area (Å²) in [4.78, 5) is 34.1. The molecule has 0 unspecified atom stereocenters. The Morgan fingerprint density at radius 1 is 1.11 bits per heavy atom. The Morgan fingerprint density at radius 3 is 2.14 bits per heavy atom. The van der Waals surface area contributed by atoms with E-state index in [1.165, 1.54) is 29.6 Å². The summed E-state index contributed by atoms with van der Waals surface area (Å²) in [5, 5.41) is 6.26. The third-order valence-electron chi connectivity index (χ3n) is 3.31. The molecule has 0 bridgehead atoms. The van der Waals surface area contributed by atoms with E-state index >= 15 is 0 Å². The minimum atomic E-state index is -5.19. The lowest BCUT2D eigenvalue weighted by Gasteiger charge is -2.19. The van der Waals surface area contributed by atoms with Crippen LogP contribution in [0, 0.1) is 0 Å². The molecule has 14 heteroatoms. The zero-order chi connectivity index (χ0) is 21.5. The number of nitrogens with two attached hydrogens (primary N) is 3. The van der Waals surface area contributed by atoms with E-state index in [1.54, 1.807) is 0 Å².